The molecule has 72 valence electrons. The molecule has 0 fully saturated rings. The standard InChI is InChI=1S/C9H13NO3/c1-13-9(12)7-10-6-4-2-3-5-8(10)11/h2,4H,3,5-7H2,1H3. The van der Waals surface area contributed by atoms with Crippen molar-refractivity contribution in [3.8, 4) is 0 Å². The van der Waals surface area contributed by atoms with Crippen molar-refractivity contribution in [2.75, 3.05) is 20.2 Å². The van der Waals surface area contributed by atoms with E-state index in [1.807, 2.05) is 12.2 Å². The number of hydrogen-bond acceptors (Lipinski definition) is 3. The van der Waals surface area contributed by atoms with Gasteiger partial charge in [0.2, 0.25) is 5.91 Å². The fourth-order valence-electron chi connectivity index (χ4n) is 1.16. The van der Waals surface area contributed by atoms with Crippen molar-refractivity contribution in [1.29, 1.82) is 0 Å². The van der Waals surface area contributed by atoms with Gasteiger partial charge in [0.15, 0.2) is 0 Å². The van der Waals surface area contributed by atoms with Gasteiger partial charge in [0.1, 0.15) is 6.54 Å². The third-order valence-electron chi connectivity index (χ3n) is 1.92. The molecule has 0 atom stereocenters. The maximum Gasteiger partial charge on any atom is 0.325 e. The Hall–Kier alpha value is -1.32. The lowest BCUT2D eigenvalue weighted by Crippen LogP contribution is -2.35. The van der Waals surface area contributed by atoms with E-state index < -0.39 is 0 Å². The van der Waals surface area contributed by atoms with Crippen LogP contribution in [0.3, 0.4) is 0 Å². The molecule has 0 aromatic rings. The molecule has 1 heterocycles. The summed E-state index contributed by atoms with van der Waals surface area (Å²) >= 11 is 0. The Bertz CT molecular complexity index is 235. The fourth-order valence-corrected chi connectivity index (χ4v) is 1.16. The minimum absolute atomic E-state index is 0.00963. The molecule has 0 radical (unpaired) electrons. The van der Waals surface area contributed by atoms with Crippen molar-refractivity contribution < 1.29 is 14.3 Å². The molecule has 0 aliphatic carbocycles. The van der Waals surface area contributed by atoms with E-state index >= 15 is 0 Å². The second kappa shape index (κ2) is 4.64. The summed E-state index contributed by atoms with van der Waals surface area (Å²) in [6.07, 6.45) is 5.09. The van der Waals surface area contributed by atoms with E-state index in [2.05, 4.69) is 4.74 Å². The zero-order valence-electron chi connectivity index (χ0n) is 7.66. The van der Waals surface area contributed by atoms with E-state index in [1.54, 1.807) is 0 Å². The minimum Gasteiger partial charge on any atom is -0.468 e. The summed E-state index contributed by atoms with van der Waals surface area (Å²) in [5.41, 5.74) is 0. The van der Waals surface area contributed by atoms with Gasteiger partial charge in [-0.3, -0.25) is 9.59 Å². The molecule has 4 nitrogen and oxygen atoms in total. The van der Waals surface area contributed by atoms with Crippen LogP contribution in [0, 0.1) is 0 Å². The second-order valence-corrected chi connectivity index (χ2v) is 2.86. The number of allylic oxidation sites excluding steroid dienone is 1. The highest BCUT2D eigenvalue weighted by atomic mass is 16.5. The van der Waals surface area contributed by atoms with E-state index in [0.717, 1.165) is 6.42 Å². The van der Waals surface area contributed by atoms with Gasteiger partial charge in [0, 0.05) is 13.0 Å². The van der Waals surface area contributed by atoms with E-state index in [0.29, 0.717) is 13.0 Å². The maximum atomic E-state index is 11.3. The largest absolute Gasteiger partial charge is 0.468 e. The average Bonchev–Trinajstić information content (AvgIpc) is 2.32. The molecule has 1 rings (SSSR count). The van der Waals surface area contributed by atoms with Crippen LogP contribution >= 0.6 is 0 Å². The molecule has 0 spiro atoms. The Morgan fingerprint density at radius 3 is 3.08 bits per heavy atom. The zero-order valence-corrected chi connectivity index (χ0v) is 7.66. The molecule has 0 unspecified atom stereocenters. The highest BCUT2D eigenvalue weighted by Gasteiger charge is 2.16. The van der Waals surface area contributed by atoms with Crippen molar-refractivity contribution in [2.24, 2.45) is 0 Å². The lowest BCUT2D eigenvalue weighted by molar-refractivity contribution is -0.146. The quantitative estimate of drug-likeness (QED) is 0.458. The van der Waals surface area contributed by atoms with Crippen LogP contribution in [0.4, 0.5) is 0 Å². The summed E-state index contributed by atoms with van der Waals surface area (Å²) in [6.45, 7) is 0.563. The normalized spacial score (nSPS) is 17.0. The summed E-state index contributed by atoms with van der Waals surface area (Å²) in [5, 5.41) is 0. The van der Waals surface area contributed by atoms with Gasteiger partial charge >= 0.3 is 5.97 Å². The van der Waals surface area contributed by atoms with E-state index in [-0.39, 0.29) is 18.4 Å². The number of nitrogens with zero attached hydrogens (tertiary/aromatic N) is 1. The van der Waals surface area contributed by atoms with Crippen molar-refractivity contribution in [1.82, 2.24) is 4.90 Å². The maximum absolute atomic E-state index is 11.3. The van der Waals surface area contributed by atoms with Crippen LogP contribution < -0.4 is 0 Å². The predicted molar refractivity (Wildman–Crippen MR) is 47.0 cm³/mol. The molecule has 0 bridgehead atoms. The van der Waals surface area contributed by atoms with Gasteiger partial charge in [0.05, 0.1) is 7.11 Å². The molecule has 13 heavy (non-hydrogen) atoms. The molecule has 1 aliphatic rings. The number of carbonyl (C=O) groups is 2. The number of methoxy groups -OCH3 is 1. The number of hydrogen-bond donors (Lipinski definition) is 0. The van der Waals surface area contributed by atoms with Crippen LogP contribution in [-0.2, 0) is 14.3 Å². The molecular formula is C9H13NO3. The van der Waals surface area contributed by atoms with Gasteiger partial charge in [-0.1, -0.05) is 12.2 Å². The zero-order chi connectivity index (χ0) is 9.68. The van der Waals surface area contributed by atoms with E-state index in [1.165, 1.54) is 12.0 Å². The lowest BCUT2D eigenvalue weighted by Gasteiger charge is -2.17. The number of rotatable bonds is 2. The Kier molecular flexibility index (Phi) is 3.49. The van der Waals surface area contributed by atoms with Crippen LogP contribution in [0.15, 0.2) is 12.2 Å². The number of esters is 1. The van der Waals surface area contributed by atoms with Crippen LogP contribution in [0.5, 0.6) is 0 Å². The Morgan fingerprint density at radius 1 is 1.62 bits per heavy atom. The van der Waals surface area contributed by atoms with Gasteiger partial charge in [-0.2, -0.15) is 0 Å². The highest BCUT2D eigenvalue weighted by Crippen LogP contribution is 2.04. The molecule has 0 saturated heterocycles. The number of amides is 1. The van der Waals surface area contributed by atoms with Crippen molar-refractivity contribution >= 4 is 11.9 Å². The van der Waals surface area contributed by atoms with E-state index in [4.69, 9.17) is 0 Å². The summed E-state index contributed by atoms with van der Waals surface area (Å²) in [6, 6.07) is 0. The van der Waals surface area contributed by atoms with E-state index in [9.17, 15) is 9.59 Å². The topological polar surface area (TPSA) is 46.6 Å². The first-order valence-corrected chi connectivity index (χ1v) is 4.23. The smallest absolute Gasteiger partial charge is 0.325 e. The average molecular weight is 183 g/mol. The van der Waals surface area contributed by atoms with Crippen LogP contribution in [0.1, 0.15) is 12.8 Å². The first-order chi connectivity index (χ1) is 6.24. The molecule has 1 amide bonds. The summed E-state index contributed by atoms with van der Waals surface area (Å²) in [7, 11) is 1.32. The van der Waals surface area contributed by atoms with Gasteiger partial charge < -0.3 is 9.64 Å². The summed E-state index contributed by atoms with van der Waals surface area (Å²) in [5.74, 6) is -0.362. The summed E-state index contributed by atoms with van der Waals surface area (Å²) < 4.78 is 4.49. The predicted octanol–water partition coefficient (Wildman–Crippen LogP) is 0.338. The van der Waals surface area contributed by atoms with Gasteiger partial charge in [0.25, 0.3) is 0 Å². The first kappa shape index (κ1) is 9.77. The molecule has 0 saturated carbocycles. The van der Waals surface area contributed by atoms with Crippen LogP contribution in [0.25, 0.3) is 0 Å². The monoisotopic (exact) mass is 183 g/mol. The van der Waals surface area contributed by atoms with Crippen molar-refractivity contribution in [2.45, 2.75) is 12.8 Å². The second-order valence-electron chi connectivity index (χ2n) is 2.86. The Morgan fingerprint density at radius 2 is 2.38 bits per heavy atom. The molecule has 4 heteroatoms. The first-order valence-electron chi connectivity index (χ1n) is 4.23. The third-order valence-corrected chi connectivity index (χ3v) is 1.92. The minimum atomic E-state index is -0.372. The molecule has 0 aromatic carbocycles. The number of ether oxygens (including phenoxy) is 1. The molecule has 0 aromatic heterocycles. The fraction of sp³-hybridized carbons (Fsp3) is 0.556. The summed E-state index contributed by atoms with van der Waals surface area (Å²) in [4.78, 5) is 23.7. The highest BCUT2D eigenvalue weighted by molar-refractivity contribution is 5.82. The van der Waals surface area contributed by atoms with Crippen LogP contribution in [0.2, 0.25) is 0 Å². The Balaban J connectivity index is 2.50. The number of carbonyl (C=O) groups excluding carboxylic acids is 2. The Labute approximate surface area is 77.2 Å². The molecular weight excluding hydrogens is 170 g/mol. The SMILES string of the molecule is COC(=O)CN1CC=CCCC1=O. The van der Waals surface area contributed by atoms with Crippen molar-refractivity contribution in [3.05, 3.63) is 12.2 Å². The molecule has 1 aliphatic heterocycles. The van der Waals surface area contributed by atoms with Gasteiger partial charge in [-0.25, -0.2) is 0 Å². The lowest BCUT2D eigenvalue weighted by atomic mass is 10.3. The van der Waals surface area contributed by atoms with Gasteiger partial charge in [-0.05, 0) is 6.42 Å². The van der Waals surface area contributed by atoms with Crippen LogP contribution in [-0.4, -0.2) is 37.0 Å². The van der Waals surface area contributed by atoms with Crippen molar-refractivity contribution in [3.63, 3.8) is 0 Å². The van der Waals surface area contributed by atoms with Gasteiger partial charge in [-0.15, -0.1) is 0 Å². The third kappa shape index (κ3) is 2.89. The molecule has 0 N–H and O–H groups in total.